The topological polar surface area (TPSA) is 35.1 Å². The fraction of sp³-hybridized carbons (Fsp3) is 0.364. The summed E-state index contributed by atoms with van der Waals surface area (Å²) in [6.45, 7) is 0.969. The zero-order valence-electron chi connectivity index (χ0n) is 8.75. The highest BCUT2D eigenvalue weighted by Crippen LogP contribution is 2.22. The minimum atomic E-state index is 0.836. The third kappa shape index (κ3) is 2.92. The van der Waals surface area contributed by atoms with Crippen molar-refractivity contribution >= 4 is 0 Å². The van der Waals surface area contributed by atoms with E-state index in [9.17, 15) is 0 Å². The SMILES string of the molecule is [CH2-][NH2+]CCc1cc(OC)cc(OC)c1. The molecule has 1 rings (SSSR count). The lowest BCUT2D eigenvalue weighted by Crippen LogP contribution is -2.77. The molecule has 78 valence electrons. The molecule has 14 heavy (non-hydrogen) atoms. The van der Waals surface area contributed by atoms with Crippen molar-refractivity contribution in [2.24, 2.45) is 0 Å². The van der Waals surface area contributed by atoms with Crippen LogP contribution in [-0.4, -0.2) is 20.8 Å². The Morgan fingerprint density at radius 2 is 1.71 bits per heavy atom. The van der Waals surface area contributed by atoms with Crippen LogP contribution in [0.3, 0.4) is 0 Å². The van der Waals surface area contributed by atoms with Gasteiger partial charge in [0.05, 0.1) is 20.8 Å². The second-order valence-electron chi connectivity index (χ2n) is 3.05. The van der Waals surface area contributed by atoms with Crippen LogP contribution in [0.4, 0.5) is 0 Å². The molecule has 3 nitrogen and oxygen atoms in total. The van der Waals surface area contributed by atoms with E-state index in [4.69, 9.17) is 9.47 Å². The van der Waals surface area contributed by atoms with Gasteiger partial charge in [-0.05, 0) is 17.7 Å². The summed E-state index contributed by atoms with van der Waals surface area (Å²) in [5.41, 5.74) is 1.21. The molecular weight excluding hydrogens is 178 g/mol. The first-order valence-electron chi connectivity index (χ1n) is 4.63. The Morgan fingerprint density at radius 3 is 2.14 bits per heavy atom. The van der Waals surface area contributed by atoms with Crippen molar-refractivity contribution in [3.05, 3.63) is 30.8 Å². The van der Waals surface area contributed by atoms with E-state index < -0.39 is 0 Å². The Kier molecular flexibility index (Phi) is 4.26. The van der Waals surface area contributed by atoms with Crippen molar-refractivity contribution in [2.45, 2.75) is 6.42 Å². The first-order chi connectivity index (χ1) is 6.80. The molecule has 3 heteroatoms. The molecule has 0 aliphatic rings. The molecule has 0 atom stereocenters. The highest BCUT2D eigenvalue weighted by Gasteiger charge is 2.01. The normalized spacial score (nSPS) is 9.93. The lowest BCUT2D eigenvalue weighted by molar-refractivity contribution is -0.594. The first-order valence-corrected chi connectivity index (χ1v) is 4.63. The highest BCUT2D eigenvalue weighted by molar-refractivity contribution is 5.38. The minimum Gasteiger partial charge on any atom is -0.497 e. The maximum Gasteiger partial charge on any atom is 0.122 e. The van der Waals surface area contributed by atoms with Crippen LogP contribution < -0.4 is 14.8 Å². The summed E-state index contributed by atoms with van der Waals surface area (Å²) in [5, 5.41) is 1.91. The number of ether oxygens (including phenoxy) is 2. The molecule has 0 heterocycles. The van der Waals surface area contributed by atoms with Gasteiger partial charge in [-0.1, -0.05) is 0 Å². The van der Waals surface area contributed by atoms with Gasteiger partial charge in [0, 0.05) is 12.5 Å². The Hall–Kier alpha value is -1.22. The smallest absolute Gasteiger partial charge is 0.122 e. The minimum absolute atomic E-state index is 0.836. The van der Waals surface area contributed by atoms with E-state index in [2.05, 4.69) is 7.05 Å². The summed E-state index contributed by atoms with van der Waals surface area (Å²) in [5.74, 6) is 1.67. The summed E-state index contributed by atoms with van der Waals surface area (Å²) < 4.78 is 10.3. The molecule has 0 aromatic heterocycles. The third-order valence-electron chi connectivity index (χ3n) is 2.05. The van der Waals surface area contributed by atoms with Crippen LogP contribution in [0.1, 0.15) is 5.56 Å². The zero-order valence-corrected chi connectivity index (χ0v) is 8.75. The summed E-state index contributed by atoms with van der Waals surface area (Å²) in [6, 6.07) is 5.91. The fourth-order valence-electron chi connectivity index (χ4n) is 1.28. The molecule has 0 unspecified atom stereocenters. The number of rotatable bonds is 5. The van der Waals surface area contributed by atoms with Crippen LogP contribution in [0.25, 0.3) is 0 Å². The van der Waals surface area contributed by atoms with Gasteiger partial charge in [0.2, 0.25) is 0 Å². The van der Waals surface area contributed by atoms with Crippen molar-refractivity contribution in [3.8, 4) is 11.5 Å². The first kappa shape index (κ1) is 10.9. The van der Waals surface area contributed by atoms with Gasteiger partial charge in [0.15, 0.2) is 0 Å². The van der Waals surface area contributed by atoms with E-state index in [-0.39, 0.29) is 0 Å². The molecule has 1 aromatic carbocycles. The standard InChI is InChI=1S/C11H17NO2/c1-12-5-4-9-6-10(13-2)8-11(7-9)14-3/h6-8H,1,4-5,12H2,2-3H3. The molecule has 0 saturated heterocycles. The molecule has 0 bridgehead atoms. The average molecular weight is 195 g/mol. The molecule has 2 N–H and O–H groups in total. The van der Waals surface area contributed by atoms with Crippen LogP contribution in [0.2, 0.25) is 0 Å². The van der Waals surface area contributed by atoms with Crippen molar-refractivity contribution in [1.82, 2.24) is 0 Å². The second kappa shape index (κ2) is 5.50. The number of nitrogens with two attached hydrogens (primary N) is 1. The molecular formula is C11H17NO2. The van der Waals surface area contributed by atoms with Crippen LogP contribution in [0, 0.1) is 7.05 Å². The van der Waals surface area contributed by atoms with Crippen LogP contribution in [0.15, 0.2) is 18.2 Å². The zero-order chi connectivity index (χ0) is 10.4. The molecule has 0 spiro atoms. The third-order valence-corrected chi connectivity index (χ3v) is 2.05. The van der Waals surface area contributed by atoms with Gasteiger partial charge in [-0.15, -0.1) is 0 Å². The van der Waals surface area contributed by atoms with E-state index in [0.29, 0.717) is 0 Å². The van der Waals surface area contributed by atoms with Gasteiger partial charge in [-0.25, -0.2) is 0 Å². The van der Waals surface area contributed by atoms with E-state index in [0.717, 1.165) is 24.5 Å². The van der Waals surface area contributed by atoms with E-state index in [1.165, 1.54) is 5.56 Å². The molecule has 0 saturated carbocycles. The average Bonchev–Trinajstić information content (AvgIpc) is 2.25. The van der Waals surface area contributed by atoms with Gasteiger partial charge in [-0.2, -0.15) is 7.05 Å². The summed E-state index contributed by atoms with van der Waals surface area (Å²) in [4.78, 5) is 0. The molecule has 0 fully saturated rings. The number of benzene rings is 1. The predicted octanol–water partition coefficient (Wildman–Crippen LogP) is 0.601. The maximum atomic E-state index is 5.17. The van der Waals surface area contributed by atoms with Gasteiger partial charge in [0.1, 0.15) is 11.5 Å². The number of hydrogen-bond acceptors (Lipinski definition) is 2. The van der Waals surface area contributed by atoms with Crippen molar-refractivity contribution in [3.63, 3.8) is 0 Å². The molecule has 0 amide bonds. The molecule has 0 aliphatic carbocycles. The van der Waals surface area contributed by atoms with Crippen LogP contribution in [0.5, 0.6) is 11.5 Å². The lowest BCUT2D eigenvalue weighted by Gasteiger charge is -2.08. The van der Waals surface area contributed by atoms with E-state index in [1.54, 1.807) is 14.2 Å². The Balaban J connectivity index is 2.81. The maximum absolute atomic E-state index is 5.17. The van der Waals surface area contributed by atoms with Gasteiger partial charge < -0.3 is 14.8 Å². The summed E-state index contributed by atoms with van der Waals surface area (Å²) >= 11 is 0. The monoisotopic (exact) mass is 195 g/mol. The van der Waals surface area contributed by atoms with E-state index in [1.807, 2.05) is 23.5 Å². The quantitative estimate of drug-likeness (QED) is 0.698. The molecule has 0 aliphatic heterocycles. The Labute approximate surface area is 85.0 Å². The lowest BCUT2D eigenvalue weighted by atomic mass is 10.1. The fourth-order valence-corrected chi connectivity index (χ4v) is 1.28. The van der Waals surface area contributed by atoms with Crippen molar-refractivity contribution < 1.29 is 14.8 Å². The van der Waals surface area contributed by atoms with Gasteiger partial charge in [0.25, 0.3) is 0 Å². The summed E-state index contributed by atoms with van der Waals surface area (Å²) in [6.07, 6.45) is 0.969. The van der Waals surface area contributed by atoms with Gasteiger partial charge >= 0.3 is 0 Å². The predicted molar refractivity (Wildman–Crippen MR) is 55.4 cm³/mol. The van der Waals surface area contributed by atoms with Crippen molar-refractivity contribution in [2.75, 3.05) is 20.8 Å². The summed E-state index contributed by atoms with van der Waals surface area (Å²) in [7, 11) is 7.02. The Bertz CT molecular complexity index is 264. The molecule has 0 radical (unpaired) electrons. The Morgan fingerprint density at radius 1 is 1.14 bits per heavy atom. The highest BCUT2D eigenvalue weighted by atomic mass is 16.5. The molecule has 1 aromatic rings. The number of quaternary nitrogens is 1. The van der Waals surface area contributed by atoms with E-state index >= 15 is 0 Å². The van der Waals surface area contributed by atoms with Gasteiger partial charge in [-0.3, -0.25) is 0 Å². The van der Waals surface area contributed by atoms with Crippen LogP contribution in [-0.2, 0) is 6.42 Å². The largest absolute Gasteiger partial charge is 0.497 e. The number of hydrogen-bond donors (Lipinski definition) is 1. The number of methoxy groups -OCH3 is 2. The second-order valence-corrected chi connectivity index (χ2v) is 3.05. The van der Waals surface area contributed by atoms with Crippen molar-refractivity contribution in [1.29, 1.82) is 0 Å². The van der Waals surface area contributed by atoms with Crippen LogP contribution >= 0.6 is 0 Å².